The fourth-order valence-corrected chi connectivity index (χ4v) is 4.22. The Hall–Kier alpha value is -2.42. The largest absolute Gasteiger partial charge is 0.313 e. The Morgan fingerprint density at radius 3 is 2.69 bits per heavy atom. The molecule has 4 rings (SSSR count). The first-order valence-corrected chi connectivity index (χ1v) is 10.6. The van der Waals surface area contributed by atoms with Crippen molar-refractivity contribution in [1.29, 1.82) is 0 Å². The predicted molar refractivity (Wildman–Crippen MR) is 116 cm³/mol. The maximum atomic E-state index is 6.24. The summed E-state index contributed by atoms with van der Waals surface area (Å²) in [6, 6.07) is 9.34. The van der Waals surface area contributed by atoms with Crippen LogP contribution in [0.4, 0.5) is 10.9 Å². The molecule has 4 aromatic rings. The zero-order valence-corrected chi connectivity index (χ0v) is 18.4. The van der Waals surface area contributed by atoms with Crippen molar-refractivity contribution in [2.45, 2.75) is 33.4 Å². The van der Waals surface area contributed by atoms with Gasteiger partial charge in [0.15, 0.2) is 5.82 Å². The molecule has 150 valence electrons. The van der Waals surface area contributed by atoms with Gasteiger partial charge in [0.1, 0.15) is 11.0 Å². The van der Waals surface area contributed by atoms with Crippen LogP contribution in [0, 0.1) is 13.8 Å². The van der Waals surface area contributed by atoms with Crippen LogP contribution in [0.2, 0.25) is 10.0 Å². The summed E-state index contributed by atoms with van der Waals surface area (Å²) in [7, 11) is 0. The van der Waals surface area contributed by atoms with Gasteiger partial charge in [0, 0.05) is 28.0 Å². The fraction of sp³-hybridized carbons (Fsp3) is 0.263. The van der Waals surface area contributed by atoms with E-state index < -0.39 is 0 Å². The van der Waals surface area contributed by atoms with Gasteiger partial charge < -0.3 is 5.32 Å². The first-order chi connectivity index (χ1) is 13.9. The number of hydrogen-bond acceptors (Lipinski definition) is 6. The van der Waals surface area contributed by atoms with Crippen LogP contribution >= 0.6 is 34.5 Å². The summed E-state index contributed by atoms with van der Waals surface area (Å²) >= 11 is 13.8. The highest BCUT2D eigenvalue weighted by Gasteiger charge is 2.17. The van der Waals surface area contributed by atoms with Crippen molar-refractivity contribution < 1.29 is 0 Å². The average molecular weight is 448 g/mol. The smallest absolute Gasteiger partial charge is 0.211 e. The molecule has 0 aliphatic rings. The van der Waals surface area contributed by atoms with Crippen molar-refractivity contribution in [3.05, 3.63) is 68.5 Å². The van der Waals surface area contributed by atoms with Gasteiger partial charge in [0.2, 0.25) is 5.13 Å². The molecule has 3 aromatic heterocycles. The lowest BCUT2D eigenvalue weighted by atomic mass is 10.2. The van der Waals surface area contributed by atoms with Crippen LogP contribution in [0.3, 0.4) is 0 Å². The molecule has 10 heteroatoms. The highest BCUT2D eigenvalue weighted by molar-refractivity contribution is 7.15. The minimum Gasteiger partial charge on any atom is -0.313 e. The molecule has 1 aromatic carbocycles. The molecule has 1 atom stereocenters. The van der Waals surface area contributed by atoms with Crippen molar-refractivity contribution in [1.82, 2.24) is 29.8 Å². The van der Waals surface area contributed by atoms with Crippen LogP contribution in [0.5, 0.6) is 0 Å². The Bertz CT molecular complexity index is 1150. The Balaban J connectivity index is 1.46. The van der Waals surface area contributed by atoms with Crippen molar-refractivity contribution in [2.24, 2.45) is 0 Å². The van der Waals surface area contributed by atoms with E-state index in [9.17, 15) is 0 Å². The zero-order chi connectivity index (χ0) is 20.5. The maximum Gasteiger partial charge on any atom is 0.211 e. The van der Waals surface area contributed by atoms with Crippen LogP contribution in [0.15, 0.2) is 36.5 Å². The Labute approximate surface area is 182 Å². The second kappa shape index (κ2) is 8.14. The van der Waals surface area contributed by atoms with Gasteiger partial charge in [-0.2, -0.15) is 10.2 Å². The maximum absolute atomic E-state index is 6.24. The number of nitrogens with zero attached hydrogens (tertiary/aromatic N) is 6. The SMILES string of the molecule is Cc1cc(C)n(C(C)c2nnc(Nc3ccn(Cc4cc(Cl)ccc4Cl)n3)s2)n1. The lowest BCUT2D eigenvalue weighted by Gasteiger charge is -2.10. The normalized spacial score (nSPS) is 12.3. The third-order valence-corrected chi connectivity index (χ3v) is 6.04. The van der Waals surface area contributed by atoms with E-state index in [0.29, 0.717) is 27.5 Å². The molecule has 0 bridgehead atoms. The van der Waals surface area contributed by atoms with E-state index in [1.807, 2.05) is 36.9 Å². The molecule has 0 aliphatic carbocycles. The minimum atomic E-state index is 0.0132. The second-order valence-corrected chi connectivity index (χ2v) is 8.61. The number of aryl methyl sites for hydroxylation is 2. The topological polar surface area (TPSA) is 73.5 Å². The average Bonchev–Trinajstić information content (AvgIpc) is 3.39. The molecular weight excluding hydrogens is 429 g/mol. The molecule has 1 unspecified atom stereocenters. The quantitative estimate of drug-likeness (QED) is 0.436. The van der Waals surface area contributed by atoms with Gasteiger partial charge in [-0.3, -0.25) is 9.36 Å². The number of benzene rings is 1. The van der Waals surface area contributed by atoms with Crippen LogP contribution in [-0.4, -0.2) is 29.8 Å². The summed E-state index contributed by atoms with van der Waals surface area (Å²) < 4.78 is 3.75. The fourth-order valence-electron chi connectivity index (χ4n) is 3.06. The van der Waals surface area contributed by atoms with E-state index in [4.69, 9.17) is 23.2 Å². The molecule has 0 radical (unpaired) electrons. The molecule has 3 heterocycles. The molecule has 0 saturated heterocycles. The zero-order valence-electron chi connectivity index (χ0n) is 16.1. The van der Waals surface area contributed by atoms with Gasteiger partial charge in [-0.1, -0.05) is 34.5 Å². The lowest BCUT2D eigenvalue weighted by molar-refractivity contribution is 0.540. The number of aromatic nitrogens is 6. The Morgan fingerprint density at radius 2 is 1.93 bits per heavy atom. The highest BCUT2D eigenvalue weighted by atomic mass is 35.5. The van der Waals surface area contributed by atoms with Crippen LogP contribution in [0.25, 0.3) is 0 Å². The highest BCUT2D eigenvalue weighted by Crippen LogP contribution is 2.27. The van der Waals surface area contributed by atoms with E-state index in [1.54, 1.807) is 16.8 Å². The Morgan fingerprint density at radius 1 is 1.10 bits per heavy atom. The lowest BCUT2D eigenvalue weighted by Crippen LogP contribution is -2.10. The van der Waals surface area contributed by atoms with Gasteiger partial charge in [-0.15, -0.1) is 10.2 Å². The standard InChI is InChI=1S/C19H19Cl2N7S/c1-11-8-12(2)28(25-11)13(3)18-23-24-19(29-18)22-17-6-7-27(26-17)10-14-9-15(20)4-5-16(14)21/h4-9,13H,10H2,1-3H3,(H,22,24,26). The number of halogens is 2. The first-order valence-electron chi connectivity index (χ1n) is 8.99. The third kappa shape index (κ3) is 4.44. The van der Waals surface area contributed by atoms with E-state index in [1.165, 1.54) is 11.3 Å². The summed E-state index contributed by atoms with van der Waals surface area (Å²) in [5.41, 5.74) is 2.99. The molecule has 0 saturated carbocycles. The molecule has 0 fully saturated rings. The van der Waals surface area contributed by atoms with Crippen molar-refractivity contribution in [3.8, 4) is 0 Å². The number of rotatable bonds is 6. The summed E-state index contributed by atoms with van der Waals surface area (Å²) in [6.07, 6.45) is 1.88. The second-order valence-electron chi connectivity index (χ2n) is 6.75. The molecule has 0 aliphatic heterocycles. The molecule has 0 spiro atoms. The van der Waals surface area contributed by atoms with Crippen LogP contribution in [0.1, 0.15) is 34.9 Å². The summed E-state index contributed by atoms with van der Waals surface area (Å²) in [4.78, 5) is 0. The molecular formula is C19H19Cl2N7S. The van der Waals surface area contributed by atoms with E-state index in [2.05, 4.69) is 38.7 Å². The van der Waals surface area contributed by atoms with Crippen LogP contribution in [-0.2, 0) is 6.54 Å². The predicted octanol–water partition coefficient (Wildman–Crippen LogP) is 5.26. The molecule has 29 heavy (non-hydrogen) atoms. The first kappa shape index (κ1) is 19.9. The monoisotopic (exact) mass is 447 g/mol. The van der Waals surface area contributed by atoms with Gasteiger partial charge in [0.05, 0.1) is 12.2 Å². The summed E-state index contributed by atoms with van der Waals surface area (Å²) in [5.74, 6) is 0.685. The number of anilines is 2. The van der Waals surface area contributed by atoms with Gasteiger partial charge in [-0.05, 0) is 50.6 Å². The minimum absolute atomic E-state index is 0.0132. The van der Waals surface area contributed by atoms with E-state index >= 15 is 0 Å². The van der Waals surface area contributed by atoms with Crippen molar-refractivity contribution >= 4 is 45.5 Å². The summed E-state index contributed by atoms with van der Waals surface area (Å²) in [6.45, 7) is 6.61. The van der Waals surface area contributed by atoms with Gasteiger partial charge in [-0.25, -0.2) is 0 Å². The number of nitrogens with one attached hydrogen (secondary N) is 1. The van der Waals surface area contributed by atoms with Crippen LogP contribution < -0.4 is 5.32 Å². The third-order valence-electron chi connectivity index (χ3n) is 4.43. The van der Waals surface area contributed by atoms with E-state index in [-0.39, 0.29) is 6.04 Å². The van der Waals surface area contributed by atoms with Gasteiger partial charge in [0.25, 0.3) is 0 Å². The van der Waals surface area contributed by atoms with Crippen molar-refractivity contribution in [3.63, 3.8) is 0 Å². The molecule has 0 amide bonds. The Kier molecular flexibility index (Phi) is 5.58. The van der Waals surface area contributed by atoms with E-state index in [0.717, 1.165) is 22.0 Å². The number of hydrogen-bond donors (Lipinski definition) is 1. The van der Waals surface area contributed by atoms with Gasteiger partial charge >= 0.3 is 0 Å². The molecule has 7 nitrogen and oxygen atoms in total. The van der Waals surface area contributed by atoms with Crippen molar-refractivity contribution in [2.75, 3.05) is 5.32 Å². The summed E-state index contributed by atoms with van der Waals surface area (Å²) in [5, 5.41) is 23.7. The molecule has 1 N–H and O–H groups in total.